The van der Waals surface area contributed by atoms with Crippen LogP contribution in [-0.4, -0.2) is 41.6 Å². The first-order chi connectivity index (χ1) is 24.7. The molecule has 6 nitrogen and oxygen atoms in total. The molecule has 3 unspecified atom stereocenters. The van der Waals surface area contributed by atoms with Gasteiger partial charge < -0.3 is 19.7 Å². The molecular formula is C45H65N3O3. The van der Waals surface area contributed by atoms with E-state index in [0.29, 0.717) is 6.42 Å². The Hall–Kier alpha value is -3.22. The van der Waals surface area contributed by atoms with Crippen LogP contribution in [-0.2, 0) is 26.3 Å². The number of hydrogen-bond acceptors (Lipinski definition) is 5. The lowest BCUT2D eigenvalue weighted by Gasteiger charge is -2.33. The van der Waals surface area contributed by atoms with Crippen LogP contribution in [0.25, 0.3) is 10.9 Å². The van der Waals surface area contributed by atoms with E-state index in [1.54, 1.807) is 4.90 Å². The van der Waals surface area contributed by atoms with Crippen molar-refractivity contribution in [2.75, 3.05) is 19.4 Å². The van der Waals surface area contributed by atoms with Gasteiger partial charge in [-0.05, 0) is 67.9 Å². The number of pyridine rings is 1. The lowest BCUT2D eigenvalue weighted by Crippen LogP contribution is -2.37. The summed E-state index contributed by atoms with van der Waals surface area (Å²) in [6, 6.07) is 19.4. The largest absolute Gasteiger partial charge is 0.361 e. The van der Waals surface area contributed by atoms with Gasteiger partial charge in [-0.3, -0.25) is 4.79 Å². The van der Waals surface area contributed by atoms with Gasteiger partial charge in [-0.2, -0.15) is 0 Å². The van der Waals surface area contributed by atoms with Crippen LogP contribution in [0.1, 0.15) is 154 Å². The number of amides is 1. The third kappa shape index (κ3) is 8.71. The molecule has 0 saturated heterocycles. The van der Waals surface area contributed by atoms with E-state index in [0.717, 1.165) is 63.3 Å². The van der Waals surface area contributed by atoms with Crippen LogP contribution >= 0.6 is 0 Å². The molecule has 2 aromatic carbocycles. The Morgan fingerprint density at radius 2 is 1.49 bits per heavy atom. The highest BCUT2D eigenvalue weighted by atomic mass is 16.5. The quantitative estimate of drug-likeness (QED) is 0.151. The second-order valence-corrected chi connectivity index (χ2v) is 15.3. The Bertz CT molecular complexity index is 1620. The van der Waals surface area contributed by atoms with Crippen molar-refractivity contribution in [3.05, 3.63) is 82.7 Å². The summed E-state index contributed by atoms with van der Waals surface area (Å²) < 4.78 is 13.5. The zero-order chi connectivity index (χ0) is 36.4. The molecule has 4 heterocycles. The number of unbranched alkanes of at least 4 members (excludes halogenated alkanes) is 4. The van der Waals surface area contributed by atoms with Crippen molar-refractivity contribution in [1.82, 2.24) is 9.88 Å². The average molecular weight is 696 g/mol. The number of nitrogens with zero attached hydrogens (tertiary/aromatic N) is 2. The summed E-state index contributed by atoms with van der Waals surface area (Å²) in [5.74, 6) is 0.168. The van der Waals surface area contributed by atoms with Crippen LogP contribution in [0.3, 0.4) is 0 Å². The molecule has 3 aliphatic heterocycles. The number of ether oxygens (including phenoxy) is 2. The first-order valence-corrected chi connectivity index (χ1v) is 20.3. The average Bonchev–Trinajstić information content (AvgIpc) is 3.60. The zero-order valence-corrected chi connectivity index (χ0v) is 32.8. The summed E-state index contributed by atoms with van der Waals surface area (Å²) in [6.07, 6.45) is 17.5. The molecule has 3 aliphatic rings. The molecule has 0 aliphatic carbocycles. The Morgan fingerprint density at radius 3 is 2.20 bits per heavy atom. The number of rotatable bonds is 16. The Kier molecular flexibility index (Phi) is 13.8. The maximum absolute atomic E-state index is 12.3. The van der Waals surface area contributed by atoms with E-state index in [4.69, 9.17) is 14.5 Å². The fourth-order valence-corrected chi connectivity index (χ4v) is 8.56. The maximum atomic E-state index is 12.3. The van der Waals surface area contributed by atoms with E-state index in [1.165, 1.54) is 77.7 Å². The topological polar surface area (TPSA) is 63.7 Å². The number of carbonyl (C=O) groups is 1. The van der Waals surface area contributed by atoms with Crippen molar-refractivity contribution in [3.8, 4) is 0 Å². The van der Waals surface area contributed by atoms with E-state index in [-0.39, 0.29) is 29.3 Å². The van der Waals surface area contributed by atoms with E-state index < -0.39 is 0 Å². The first-order valence-electron chi connectivity index (χ1n) is 20.3. The van der Waals surface area contributed by atoms with E-state index in [2.05, 4.69) is 94.5 Å². The molecule has 1 N–H and O–H groups in total. The van der Waals surface area contributed by atoms with Crippen LogP contribution in [0.4, 0.5) is 5.69 Å². The first kappa shape index (κ1) is 39.0. The summed E-state index contributed by atoms with van der Waals surface area (Å²) in [7, 11) is 3.65. The second kappa shape index (κ2) is 18.0. The van der Waals surface area contributed by atoms with Crippen molar-refractivity contribution in [2.24, 2.45) is 0 Å². The predicted octanol–water partition coefficient (Wildman–Crippen LogP) is 11.6. The summed E-state index contributed by atoms with van der Waals surface area (Å²) in [5, 5.41) is 4.95. The maximum Gasteiger partial charge on any atom is 0.222 e. The standard InChI is InChI=1S/C24H36N2O2.C21H29NO/c1-5-7-8-9-14-21-19-17-18-12-10-11-13-20(18)25-23(19)24(6-2,28-21)16-15-22(27)26(3)4;1-4-7-12-19-17-15-16-10-8-9-11-18(16)22-20(17)21(23-19,13-5-2)14-6-3/h10-13,21,25H,5-9,14-17H2,1-4H3;8-11,15,19H,4-7,12-14H2,1-3H3. The van der Waals surface area contributed by atoms with Gasteiger partial charge in [0.15, 0.2) is 0 Å². The lowest BCUT2D eigenvalue weighted by molar-refractivity contribution is -0.130. The molecular weight excluding hydrogens is 631 g/mol. The van der Waals surface area contributed by atoms with Gasteiger partial charge in [0.25, 0.3) is 0 Å². The molecule has 278 valence electrons. The van der Waals surface area contributed by atoms with Crippen molar-refractivity contribution < 1.29 is 14.3 Å². The number of benzene rings is 2. The molecule has 1 amide bonds. The molecule has 6 rings (SSSR count). The highest BCUT2D eigenvalue weighted by Gasteiger charge is 2.47. The third-order valence-corrected chi connectivity index (χ3v) is 11.4. The predicted molar refractivity (Wildman–Crippen MR) is 212 cm³/mol. The number of para-hydroxylation sites is 2. The number of fused-ring (bicyclic) bond motifs is 3. The summed E-state index contributed by atoms with van der Waals surface area (Å²) >= 11 is 0. The van der Waals surface area contributed by atoms with Gasteiger partial charge in [0.05, 0.1) is 23.4 Å². The van der Waals surface area contributed by atoms with E-state index >= 15 is 0 Å². The molecule has 0 saturated carbocycles. The van der Waals surface area contributed by atoms with Crippen molar-refractivity contribution in [3.63, 3.8) is 0 Å². The molecule has 3 atom stereocenters. The molecule has 0 bridgehead atoms. The molecule has 1 aromatic heterocycles. The van der Waals surface area contributed by atoms with Gasteiger partial charge in [-0.15, -0.1) is 0 Å². The van der Waals surface area contributed by atoms with Crippen molar-refractivity contribution >= 4 is 22.5 Å². The zero-order valence-electron chi connectivity index (χ0n) is 32.8. The van der Waals surface area contributed by atoms with Gasteiger partial charge in [0, 0.05) is 49.3 Å². The van der Waals surface area contributed by atoms with E-state index in [9.17, 15) is 4.79 Å². The molecule has 0 radical (unpaired) electrons. The van der Waals surface area contributed by atoms with Crippen LogP contribution < -0.4 is 5.32 Å². The van der Waals surface area contributed by atoms with Crippen molar-refractivity contribution in [1.29, 1.82) is 0 Å². The van der Waals surface area contributed by atoms with Crippen LogP contribution in [0.15, 0.2) is 65.9 Å². The second-order valence-electron chi connectivity index (χ2n) is 15.3. The molecule has 0 spiro atoms. The fraction of sp³-hybridized carbons (Fsp3) is 0.600. The van der Waals surface area contributed by atoms with Gasteiger partial charge in [0.1, 0.15) is 11.2 Å². The number of anilines is 1. The summed E-state index contributed by atoms with van der Waals surface area (Å²) in [5.41, 5.74) is 8.32. The normalized spacial score (nSPS) is 21.4. The van der Waals surface area contributed by atoms with Gasteiger partial charge in [0.2, 0.25) is 5.91 Å². The smallest absolute Gasteiger partial charge is 0.222 e. The van der Waals surface area contributed by atoms with E-state index in [1.807, 2.05) is 14.1 Å². The van der Waals surface area contributed by atoms with Crippen molar-refractivity contribution in [2.45, 2.75) is 161 Å². The summed E-state index contributed by atoms with van der Waals surface area (Å²) in [4.78, 5) is 19.0. The number of hydrogen-bond donors (Lipinski definition) is 1. The number of aromatic nitrogens is 1. The number of carbonyl (C=O) groups excluding carboxylic acids is 1. The fourth-order valence-electron chi connectivity index (χ4n) is 8.56. The van der Waals surface area contributed by atoms with Gasteiger partial charge >= 0.3 is 0 Å². The Morgan fingerprint density at radius 1 is 0.804 bits per heavy atom. The monoisotopic (exact) mass is 696 g/mol. The third-order valence-electron chi connectivity index (χ3n) is 11.4. The van der Waals surface area contributed by atoms with Gasteiger partial charge in [-0.1, -0.05) is 122 Å². The van der Waals surface area contributed by atoms with Crippen LogP contribution in [0.2, 0.25) is 0 Å². The Balaban J connectivity index is 0.000000201. The van der Waals surface area contributed by atoms with Gasteiger partial charge in [-0.25, -0.2) is 4.98 Å². The number of nitrogens with one attached hydrogen (secondary N) is 1. The molecule has 51 heavy (non-hydrogen) atoms. The SMILES string of the molecule is CCCCC1OC(CCC)(CCC)c2nc3ccccc3cc21.CCCCCCC1OC(CC)(CCC(=O)N(C)C)C2=C1Cc1ccccc1N2. The molecule has 3 aromatic rings. The van der Waals surface area contributed by atoms with Crippen LogP contribution in [0.5, 0.6) is 0 Å². The van der Waals surface area contributed by atoms with Crippen LogP contribution in [0, 0.1) is 0 Å². The molecule has 6 heteroatoms. The minimum Gasteiger partial charge on any atom is -0.361 e. The highest BCUT2D eigenvalue weighted by Crippen LogP contribution is 2.51. The Labute approximate surface area is 308 Å². The highest BCUT2D eigenvalue weighted by molar-refractivity contribution is 5.80. The minimum absolute atomic E-state index is 0.165. The minimum atomic E-state index is -0.371. The summed E-state index contributed by atoms with van der Waals surface area (Å²) in [6.45, 7) is 11.2. The molecule has 0 fully saturated rings. The lowest BCUT2D eigenvalue weighted by atomic mass is 9.84.